The molecule has 2 heterocycles. The normalized spacial score (nSPS) is 31.7. The van der Waals surface area contributed by atoms with Crippen LogP contribution in [-0.4, -0.2) is 27.6 Å². The van der Waals surface area contributed by atoms with Crippen molar-refractivity contribution < 1.29 is 13.7 Å². The summed E-state index contributed by atoms with van der Waals surface area (Å²) in [4.78, 5) is 12.6. The van der Waals surface area contributed by atoms with E-state index in [0.29, 0.717) is 12.2 Å². The molecule has 3 nitrogen and oxygen atoms in total. The van der Waals surface area contributed by atoms with Gasteiger partial charge in [0.15, 0.2) is 0 Å². The maximum Gasteiger partial charge on any atom is 0.140 e. The number of rotatable bonds is 4. The molecule has 2 atom stereocenters. The Kier molecular flexibility index (Phi) is 4.43. The molecule has 2 aliphatic heterocycles. The summed E-state index contributed by atoms with van der Waals surface area (Å²) in [7, 11) is 0.940. The average molecular weight is 306 g/mol. The van der Waals surface area contributed by atoms with Gasteiger partial charge in [-0.05, 0) is 43.4 Å². The quantitative estimate of drug-likeness (QED) is 0.859. The van der Waals surface area contributed by atoms with Crippen molar-refractivity contribution in [1.82, 2.24) is 0 Å². The van der Waals surface area contributed by atoms with E-state index in [1.54, 1.807) is 7.11 Å². The number of fused-ring (bicyclic) bond motifs is 2. The lowest BCUT2D eigenvalue weighted by Gasteiger charge is -2.37. The van der Waals surface area contributed by atoms with Gasteiger partial charge in [-0.25, -0.2) is 0 Å². The van der Waals surface area contributed by atoms with E-state index in [2.05, 4.69) is 0 Å². The first kappa shape index (κ1) is 14.8. The van der Waals surface area contributed by atoms with Crippen LogP contribution < -0.4 is 4.74 Å². The zero-order valence-corrected chi connectivity index (χ0v) is 13.2. The van der Waals surface area contributed by atoms with E-state index in [-0.39, 0.29) is 16.4 Å². The third-order valence-electron chi connectivity index (χ3n) is 4.77. The van der Waals surface area contributed by atoms with Gasteiger partial charge < -0.3 is 4.74 Å². The molecule has 2 bridgehead atoms. The Morgan fingerprint density at radius 3 is 2.67 bits per heavy atom. The van der Waals surface area contributed by atoms with Crippen LogP contribution in [0.3, 0.4) is 0 Å². The van der Waals surface area contributed by atoms with Gasteiger partial charge in [-0.2, -0.15) is 0 Å². The van der Waals surface area contributed by atoms with Gasteiger partial charge in [0, 0.05) is 33.6 Å². The maximum absolute atomic E-state index is 12.6. The number of carbonyl (C=O) groups is 1. The Bertz CT molecular complexity index is 539. The van der Waals surface area contributed by atoms with Crippen LogP contribution in [0, 0.1) is 5.92 Å². The second kappa shape index (κ2) is 6.30. The second-order valence-corrected chi connectivity index (χ2v) is 8.16. The van der Waals surface area contributed by atoms with E-state index >= 15 is 0 Å². The summed E-state index contributed by atoms with van der Waals surface area (Å²) >= 11 is 0. The highest BCUT2D eigenvalue weighted by Crippen LogP contribution is 2.37. The number of methoxy groups -OCH3 is 1. The summed E-state index contributed by atoms with van der Waals surface area (Å²) in [5.41, 5.74) is 1.01. The van der Waals surface area contributed by atoms with Crippen molar-refractivity contribution in [2.45, 2.75) is 49.0 Å². The lowest BCUT2D eigenvalue weighted by molar-refractivity contribution is -0.122. The fraction of sp³-hybridized carbons (Fsp3) is 0.588. The molecule has 0 N–H and O–H groups in total. The molecule has 2 aliphatic rings. The molecule has 0 aromatic heterocycles. The summed E-state index contributed by atoms with van der Waals surface area (Å²) in [6.45, 7) is 0. The van der Waals surface area contributed by atoms with Crippen molar-refractivity contribution in [3.05, 3.63) is 29.8 Å². The molecule has 3 rings (SSSR count). The third kappa shape index (κ3) is 3.20. The number of ether oxygens (including phenoxy) is 1. The minimum atomic E-state index is -0.697. The first-order chi connectivity index (χ1) is 10.2. The van der Waals surface area contributed by atoms with Crippen LogP contribution in [0.5, 0.6) is 5.75 Å². The van der Waals surface area contributed by atoms with Crippen LogP contribution in [0.25, 0.3) is 0 Å². The minimum Gasteiger partial charge on any atom is -0.497 e. The average Bonchev–Trinajstić information content (AvgIpc) is 2.47. The summed E-state index contributed by atoms with van der Waals surface area (Å²) in [5.74, 6) is 1.20. The molecule has 1 aromatic carbocycles. The predicted molar refractivity (Wildman–Crippen MR) is 84.0 cm³/mol. The monoisotopic (exact) mass is 306 g/mol. The number of Topliss-reactive ketones (excluding diaryl/α,β-unsaturated/α-hetero) is 1. The smallest absolute Gasteiger partial charge is 0.140 e. The lowest BCUT2D eigenvalue weighted by Crippen LogP contribution is -2.41. The van der Waals surface area contributed by atoms with Crippen molar-refractivity contribution in [2.24, 2.45) is 5.92 Å². The van der Waals surface area contributed by atoms with E-state index in [4.69, 9.17) is 4.74 Å². The standard InChI is InChI=1S/C17H22O3S/c1-20-14-5-2-4-12(8-14)9-17(18)13-10-15-6-3-7-16(11-13)21(15)19/h2,4-5,8,13,15-16H,3,6-7,9-11H2,1H3. The Balaban J connectivity index is 1.67. The van der Waals surface area contributed by atoms with Gasteiger partial charge in [-0.1, -0.05) is 18.6 Å². The highest BCUT2D eigenvalue weighted by atomic mass is 32.2. The van der Waals surface area contributed by atoms with Crippen molar-refractivity contribution in [3.63, 3.8) is 0 Å². The van der Waals surface area contributed by atoms with Crippen molar-refractivity contribution in [1.29, 1.82) is 0 Å². The first-order valence-electron chi connectivity index (χ1n) is 7.72. The Morgan fingerprint density at radius 2 is 2.00 bits per heavy atom. The highest BCUT2D eigenvalue weighted by molar-refractivity contribution is 7.86. The zero-order chi connectivity index (χ0) is 14.8. The highest BCUT2D eigenvalue weighted by Gasteiger charge is 2.40. The molecular weight excluding hydrogens is 284 g/mol. The molecular formula is C17H22O3S. The first-order valence-corrected chi connectivity index (χ1v) is 9.00. The van der Waals surface area contributed by atoms with Crippen LogP contribution in [-0.2, 0) is 22.0 Å². The molecule has 2 unspecified atom stereocenters. The van der Waals surface area contributed by atoms with Crippen molar-refractivity contribution >= 4 is 16.6 Å². The second-order valence-electron chi connectivity index (χ2n) is 6.17. The molecule has 2 fully saturated rings. The number of ketones is 1. The molecule has 0 saturated carbocycles. The summed E-state index contributed by atoms with van der Waals surface area (Å²) in [6, 6.07) is 7.72. The van der Waals surface area contributed by atoms with Crippen LogP contribution in [0.15, 0.2) is 24.3 Å². The largest absolute Gasteiger partial charge is 0.497 e. The SMILES string of the molecule is COc1cccc(CC(=O)C2CC3CCCC(C2)S3=O)c1. The molecule has 0 radical (unpaired) electrons. The van der Waals surface area contributed by atoms with E-state index in [1.807, 2.05) is 24.3 Å². The fourth-order valence-corrected chi connectivity index (χ4v) is 5.81. The molecule has 1 aromatic rings. The molecule has 114 valence electrons. The van der Waals surface area contributed by atoms with Crippen molar-refractivity contribution in [2.75, 3.05) is 7.11 Å². The van der Waals surface area contributed by atoms with E-state index in [1.165, 1.54) is 6.42 Å². The van der Waals surface area contributed by atoms with Gasteiger partial charge in [0.1, 0.15) is 11.5 Å². The molecule has 4 heteroatoms. The molecule has 0 spiro atoms. The van der Waals surface area contributed by atoms with Gasteiger partial charge in [-0.15, -0.1) is 0 Å². The van der Waals surface area contributed by atoms with Crippen LogP contribution >= 0.6 is 0 Å². The molecule has 2 saturated heterocycles. The minimum absolute atomic E-state index is 0.101. The van der Waals surface area contributed by atoms with E-state index < -0.39 is 10.8 Å². The molecule has 0 amide bonds. The van der Waals surface area contributed by atoms with Gasteiger partial charge in [0.2, 0.25) is 0 Å². The number of benzene rings is 1. The summed E-state index contributed by atoms with van der Waals surface area (Å²) in [5, 5.41) is 0.522. The Morgan fingerprint density at radius 1 is 1.29 bits per heavy atom. The summed E-state index contributed by atoms with van der Waals surface area (Å²) < 4.78 is 17.4. The van der Waals surface area contributed by atoms with Gasteiger partial charge in [0.25, 0.3) is 0 Å². The van der Waals surface area contributed by atoms with Crippen LogP contribution in [0.1, 0.15) is 37.7 Å². The van der Waals surface area contributed by atoms with E-state index in [0.717, 1.165) is 37.0 Å². The van der Waals surface area contributed by atoms with Crippen LogP contribution in [0.4, 0.5) is 0 Å². The Hall–Kier alpha value is -1.16. The molecule has 21 heavy (non-hydrogen) atoms. The van der Waals surface area contributed by atoms with Gasteiger partial charge in [-0.3, -0.25) is 9.00 Å². The van der Waals surface area contributed by atoms with Gasteiger partial charge in [0.05, 0.1) is 7.11 Å². The maximum atomic E-state index is 12.6. The Labute approximate surface area is 128 Å². The number of carbonyl (C=O) groups excluding carboxylic acids is 1. The van der Waals surface area contributed by atoms with Crippen molar-refractivity contribution in [3.8, 4) is 5.75 Å². The fourth-order valence-electron chi connectivity index (χ4n) is 3.62. The topological polar surface area (TPSA) is 43.4 Å². The lowest BCUT2D eigenvalue weighted by atomic mass is 9.85. The number of hydrogen-bond donors (Lipinski definition) is 0. The van der Waals surface area contributed by atoms with E-state index in [9.17, 15) is 9.00 Å². The predicted octanol–water partition coefficient (Wildman–Crippen LogP) is 2.89. The summed E-state index contributed by atoms with van der Waals surface area (Å²) in [6.07, 6.45) is 5.36. The number of hydrogen-bond acceptors (Lipinski definition) is 3. The van der Waals surface area contributed by atoms with Gasteiger partial charge >= 0.3 is 0 Å². The van der Waals surface area contributed by atoms with Crippen LogP contribution in [0.2, 0.25) is 0 Å². The third-order valence-corrected chi connectivity index (χ3v) is 6.94. The zero-order valence-electron chi connectivity index (χ0n) is 12.4. The molecule has 0 aliphatic carbocycles.